The van der Waals surface area contributed by atoms with Gasteiger partial charge >= 0.3 is 5.69 Å². The molecule has 1 aliphatic heterocycles. The van der Waals surface area contributed by atoms with E-state index in [1.807, 2.05) is 78.9 Å². The third-order valence-electron chi connectivity index (χ3n) is 8.95. The lowest BCUT2D eigenvalue weighted by atomic mass is 9.80. The molecule has 4 aromatic carbocycles. The minimum Gasteiger partial charge on any atom is -0.497 e. The molecule has 5 aromatic rings. The van der Waals surface area contributed by atoms with Crippen LogP contribution in [0.15, 0.2) is 120 Å². The number of rotatable bonds is 11. The van der Waals surface area contributed by atoms with Crippen molar-refractivity contribution in [2.45, 2.75) is 36.9 Å². The number of methoxy groups -OCH3 is 2. The number of amides is 1. The number of hydrogen-bond acceptors (Lipinski definition) is 8. The van der Waals surface area contributed by atoms with Crippen LogP contribution in [0.3, 0.4) is 0 Å². The fraction of sp³-hybridized carbons (Fsp3) is 0.256. The highest BCUT2D eigenvalue weighted by molar-refractivity contribution is 6.04. The van der Waals surface area contributed by atoms with Crippen LogP contribution in [0.5, 0.6) is 11.5 Å². The third-order valence-corrected chi connectivity index (χ3v) is 8.95. The molecule has 0 saturated carbocycles. The van der Waals surface area contributed by atoms with Gasteiger partial charge in [-0.2, -0.15) is 4.98 Å². The number of nitrogens with zero attached hydrogens (tertiary/aromatic N) is 2. The summed E-state index contributed by atoms with van der Waals surface area (Å²) in [6.45, 7) is 1.22. The van der Waals surface area contributed by atoms with Gasteiger partial charge < -0.3 is 29.4 Å². The summed E-state index contributed by atoms with van der Waals surface area (Å²) in [5.74, 6) is 0.953. The molecule has 1 aliphatic rings. The Kier molecular flexibility index (Phi) is 10.4. The van der Waals surface area contributed by atoms with Gasteiger partial charge in [-0.1, -0.05) is 72.8 Å². The Balaban J connectivity index is 1.26. The van der Waals surface area contributed by atoms with Gasteiger partial charge in [-0.3, -0.25) is 9.36 Å². The van der Waals surface area contributed by atoms with E-state index < -0.39 is 41.6 Å². The SMILES string of the molecule is COc1ccc(C(OC[C@H]2OC[C@@H](n3cc(C)c(NC(=O)c4ccccc4)nc3=O)[C@@H](F)[C@@H]2O)(c2ccccc2)c2ccc(OC)cc2)cc1. The summed E-state index contributed by atoms with van der Waals surface area (Å²) in [5.41, 5.74) is 1.16. The summed E-state index contributed by atoms with van der Waals surface area (Å²) in [5, 5.41) is 13.9. The quantitative estimate of drug-likeness (QED) is 0.177. The molecule has 1 fully saturated rings. The van der Waals surface area contributed by atoms with E-state index in [2.05, 4.69) is 10.3 Å². The number of aryl methyl sites for hydroxylation is 1. The molecule has 6 rings (SSSR count). The van der Waals surface area contributed by atoms with Crippen LogP contribution >= 0.6 is 0 Å². The maximum atomic E-state index is 16.1. The number of anilines is 1. The Morgan fingerprint density at radius 3 is 2.00 bits per heavy atom. The standard InChI is InChI=1S/C39H38FN3O7/c1-25-22-43(38(46)42-36(25)41-37(45)26-10-6-4-7-11-26)32-23-49-33(35(44)34(32)40)24-50-39(27-12-8-5-9-13-27,28-14-18-30(47-2)19-15-28)29-16-20-31(48-3)21-17-29/h4-22,32-35,44H,23-24H2,1-3H3,(H,41,42,45,46)/t32-,33-,34-,35-/m1/s1. The van der Waals surface area contributed by atoms with Crippen molar-refractivity contribution >= 4 is 11.7 Å². The first kappa shape index (κ1) is 34.5. The number of benzene rings is 4. The Bertz CT molecular complexity index is 1910. The van der Waals surface area contributed by atoms with Crippen LogP contribution in [0, 0.1) is 6.92 Å². The van der Waals surface area contributed by atoms with E-state index in [0.29, 0.717) is 22.6 Å². The van der Waals surface area contributed by atoms with Gasteiger partial charge in [0.25, 0.3) is 5.91 Å². The number of aliphatic hydroxyl groups excluding tert-OH is 1. The second-order valence-electron chi connectivity index (χ2n) is 12.0. The number of aliphatic hydroxyl groups is 1. The fourth-order valence-electron chi connectivity index (χ4n) is 6.21. The Morgan fingerprint density at radius 1 is 0.900 bits per heavy atom. The number of nitrogens with one attached hydrogen (secondary N) is 1. The van der Waals surface area contributed by atoms with Crippen molar-refractivity contribution < 1.29 is 33.2 Å². The average Bonchev–Trinajstić information content (AvgIpc) is 3.16. The monoisotopic (exact) mass is 679 g/mol. The Hall–Kier alpha value is -5.36. The predicted molar refractivity (Wildman–Crippen MR) is 186 cm³/mol. The van der Waals surface area contributed by atoms with Crippen molar-refractivity contribution in [3.8, 4) is 11.5 Å². The van der Waals surface area contributed by atoms with Crippen LogP contribution in [0.25, 0.3) is 0 Å². The molecule has 0 radical (unpaired) electrons. The molecule has 258 valence electrons. The molecule has 1 amide bonds. The van der Waals surface area contributed by atoms with Crippen molar-refractivity contribution in [3.63, 3.8) is 0 Å². The maximum Gasteiger partial charge on any atom is 0.349 e. The smallest absolute Gasteiger partial charge is 0.349 e. The van der Waals surface area contributed by atoms with Gasteiger partial charge in [0.1, 0.15) is 35.1 Å². The molecule has 0 aliphatic carbocycles. The van der Waals surface area contributed by atoms with Crippen molar-refractivity contribution in [1.29, 1.82) is 0 Å². The fourth-order valence-corrected chi connectivity index (χ4v) is 6.21. The lowest BCUT2D eigenvalue weighted by Gasteiger charge is -2.40. The molecule has 0 spiro atoms. The summed E-state index contributed by atoms with van der Waals surface area (Å²) in [6.07, 6.45) is -3.20. The first-order valence-electron chi connectivity index (χ1n) is 16.1. The lowest BCUT2D eigenvalue weighted by molar-refractivity contribution is -0.169. The second-order valence-corrected chi connectivity index (χ2v) is 12.0. The second kappa shape index (κ2) is 15.0. The summed E-state index contributed by atoms with van der Waals surface area (Å²) in [6, 6.07) is 31.9. The molecule has 0 bridgehead atoms. The number of ether oxygens (including phenoxy) is 4. The topological polar surface area (TPSA) is 121 Å². The third kappa shape index (κ3) is 6.88. The van der Waals surface area contributed by atoms with Gasteiger partial charge in [0, 0.05) is 17.3 Å². The molecule has 1 saturated heterocycles. The highest BCUT2D eigenvalue weighted by Gasteiger charge is 2.44. The number of alkyl halides is 1. The van der Waals surface area contributed by atoms with E-state index >= 15 is 4.39 Å². The summed E-state index contributed by atoms with van der Waals surface area (Å²) < 4.78 is 40.9. The van der Waals surface area contributed by atoms with Crippen LogP contribution < -0.4 is 20.5 Å². The molecule has 4 atom stereocenters. The molecule has 2 N–H and O–H groups in total. The summed E-state index contributed by atoms with van der Waals surface area (Å²) >= 11 is 0. The van der Waals surface area contributed by atoms with E-state index in [1.54, 1.807) is 51.5 Å². The first-order valence-corrected chi connectivity index (χ1v) is 16.1. The highest BCUT2D eigenvalue weighted by Crippen LogP contribution is 2.42. The minimum atomic E-state index is -1.89. The van der Waals surface area contributed by atoms with Crippen molar-refractivity contribution in [1.82, 2.24) is 9.55 Å². The zero-order chi connectivity index (χ0) is 35.3. The number of carbonyl (C=O) groups excluding carboxylic acids is 1. The molecule has 1 aromatic heterocycles. The van der Waals surface area contributed by atoms with E-state index in [1.165, 1.54) is 6.20 Å². The first-order chi connectivity index (χ1) is 24.2. The Labute approximate surface area is 289 Å². The molecule has 0 unspecified atom stereocenters. The zero-order valence-corrected chi connectivity index (χ0v) is 27.9. The van der Waals surface area contributed by atoms with Gasteiger partial charge in [-0.05, 0) is 60.0 Å². The largest absolute Gasteiger partial charge is 0.497 e. The number of carbonyl (C=O) groups is 1. The van der Waals surface area contributed by atoms with E-state index in [0.717, 1.165) is 21.3 Å². The average molecular weight is 680 g/mol. The normalized spacial score (nSPS) is 19.1. The minimum absolute atomic E-state index is 0.0633. The number of halogens is 1. The van der Waals surface area contributed by atoms with E-state index in [-0.39, 0.29) is 19.0 Å². The number of hydrogen-bond donors (Lipinski definition) is 2. The maximum absolute atomic E-state index is 16.1. The van der Waals surface area contributed by atoms with Crippen LogP contribution in [0.2, 0.25) is 0 Å². The van der Waals surface area contributed by atoms with Gasteiger partial charge in [0.2, 0.25) is 0 Å². The predicted octanol–water partition coefficient (Wildman–Crippen LogP) is 5.47. The number of aromatic nitrogens is 2. The van der Waals surface area contributed by atoms with Gasteiger partial charge in [0.05, 0.1) is 33.5 Å². The van der Waals surface area contributed by atoms with Crippen molar-refractivity contribution in [3.05, 3.63) is 154 Å². The van der Waals surface area contributed by atoms with Crippen LogP contribution in [0.1, 0.15) is 38.7 Å². The molecule has 50 heavy (non-hydrogen) atoms. The zero-order valence-electron chi connectivity index (χ0n) is 27.9. The van der Waals surface area contributed by atoms with Crippen LogP contribution in [-0.2, 0) is 15.1 Å². The van der Waals surface area contributed by atoms with Crippen LogP contribution in [0.4, 0.5) is 10.2 Å². The van der Waals surface area contributed by atoms with Gasteiger partial charge in [0.15, 0.2) is 6.17 Å². The van der Waals surface area contributed by atoms with E-state index in [4.69, 9.17) is 18.9 Å². The summed E-state index contributed by atoms with van der Waals surface area (Å²) in [4.78, 5) is 29.8. The van der Waals surface area contributed by atoms with Crippen molar-refractivity contribution in [2.75, 3.05) is 32.8 Å². The molecule has 10 nitrogen and oxygen atoms in total. The molecular formula is C39H38FN3O7. The van der Waals surface area contributed by atoms with Gasteiger partial charge in [-0.15, -0.1) is 0 Å². The molecule has 11 heteroatoms. The van der Waals surface area contributed by atoms with Gasteiger partial charge in [-0.25, -0.2) is 9.18 Å². The Morgan fingerprint density at radius 2 is 1.44 bits per heavy atom. The summed E-state index contributed by atoms with van der Waals surface area (Å²) in [7, 11) is 3.18. The van der Waals surface area contributed by atoms with E-state index in [9.17, 15) is 14.7 Å². The van der Waals surface area contributed by atoms with Crippen LogP contribution in [-0.4, -0.2) is 66.4 Å². The van der Waals surface area contributed by atoms with Crippen molar-refractivity contribution in [2.24, 2.45) is 0 Å². The highest BCUT2D eigenvalue weighted by atomic mass is 19.1. The lowest BCUT2D eigenvalue weighted by Crippen LogP contribution is -2.53. The molecular weight excluding hydrogens is 641 g/mol. The molecule has 2 heterocycles.